The van der Waals surface area contributed by atoms with Crippen LogP contribution in [0.2, 0.25) is 0 Å². The fraction of sp³-hybridized carbons (Fsp3) is 0.312. The van der Waals surface area contributed by atoms with Crippen molar-refractivity contribution in [2.75, 3.05) is 11.9 Å². The summed E-state index contributed by atoms with van der Waals surface area (Å²) in [5.41, 5.74) is 0.860. The smallest absolute Gasteiger partial charge is 0.270 e. The number of benzene rings is 1. The third-order valence-electron chi connectivity index (χ3n) is 2.97. The highest BCUT2D eigenvalue weighted by Gasteiger charge is 2.09. The van der Waals surface area contributed by atoms with Gasteiger partial charge in [0.25, 0.3) is 5.91 Å². The molecule has 1 aromatic carbocycles. The van der Waals surface area contributed by atoms with E-state index >= 15 is 0 Å². The molecular weight excluding hydrogens is 283 g/mol. The number of rotatable bonds is 6. The molecule has 0 fully saturated rings. The third-order valence-corrected chi connectivity index (χ3v) is 2.97. The number of nitrogens with one attached hydrogen (secondary N) is 2. The van der Waals surface area contributed by atoms with Gasteiger partial charge in [-0.3, -0.25) is 4.79 Å². The van der Waals surface area contributed by atoms with Crippen LogP contribution in [-0.2, 0) is 6.42 Å². The Balaban J connectivity index is 1.91. The predicted octanol–water partition coefficient (Wildman–Crippen LogP) is 2.41. The number of hydrogen-bond donors (Lipinski definition) is 2. The summed E-state index contributed by atoms with van der Waals surface area (Å²) in [6.45, 7) is 4.31. The monoisotopic (exact) mass is 302 g/mol. The van der Waals surface area contributed by atoms with Crippen molar-refractivity contribution >= 4 is 11.7 Å². The Bertz CT molecular complexity index is 646. The number of amides is 1. The molecule has 0 aliphatic heterocycles. The fourth-order valence-electron chi connectivity index (χ4n) is 1.96. The molecule has 1 heterocycles. The van der Waals surface area contributed by atoms with E-state index in [0.29, 0.717) is 24.3 Å². The zero-order valence-corrected chi connectivity index (χ0v) is 12.6. The van der Waals surface area contributed by atoms with Gasteiger partial charge in [-0.1, -0.05) is 18.2 Å². The number of aromatic nitrogens is 2. The molecule has 2 N–H and O–H groups in total. The molecule has 1 amide bonds. The number of carbonyl (C=O) groups excluding carboxylic acids is 1. The van der Waals surface area contributed by atoms with Gasteiger partial charge in [0.15, 0.2) is 0 Å². The lowest BCUT2D eigenvalue weighted by molar-refractivity contribution is 0.0949. The van der Waals surface area contributed by atoms with Crippen LogP contribution in [0, 0.1) is 5.82 Å². The summed E-state index contributed by atoms with van der Waals surface area (Å²) < 4.78 is 13.5. The molecule has 1 aromatic heterocycles. The van der Waals surface area contributed by atoms with Gasteiger partial charge < -0.3 is 10.6 Å². The molecule has 0 saturated carbocycles. The first-order valence-electron chi connectivity index (χ1n) is 7.16. The average molecular weight is 302 g/mol. The van der Waals surface area contributed by atoms with Gasteiger partial charge in [-0.15, -0.1) is 0 Å². The van der Waals surface area contributed by atoms with E-state index in [2.05, 4.69) is 20.6 Å². The molecule has 22 heavy (non-hydrogen) atoms. The van der Waals surface area contributed by atoms with E-state index < -0.39 is 0 Å². The predicted molar refractivity (Wildman–Crippen MR) is 83.2 cm³/mol. The molecule has 0 bridgehead atoms. The normalized spacial score (nSPS) is 10.5. The van der Waals surface area contributed by atoms with Gasteiger partial charge in [0, 0.05) is 18.7 Å². The van der Waals surface area contributed by atoms with Crippen LogP contribution in [0.1, 0.15) is 29.9 Å². The summed E-state index contributed by atoms with van der Waals surface area (Å²) in [6, 6.07) is 8.34. The highest BCUT2D eigenvalue weighted by atomic mass is 19.1. The van der Waals surface area contributed by atoms with Crippen molar-refractivity contribution in [3.8, 4) is 0 Å². The maximum Gasteiger partial charge on any atom is 0.270 e. The van der Waals surface area contributed by atoms with Crippen LogP contribution in [0.25, 0.3) is 0 Å². The molecule has 0 spiro atoms. The first kappa shape index (κ1) is 15.9. The van der Waals surface area contributed by atoms with Crippen molar-refractivity contribution in [2.24, 2.45) is 0 Å². The summed E-state index contributed by atoms with van der Waals surface area (Å²) in [6.07, 6.45) is 1.77. The van der Waals surface area contributed by atoms with Gasteiger partial charge in [0.05, 0.1) is 0 Å². The number of anilines is 1. The molecule has 0 atom stereocenters. The molecule has 0 saturated heterocycles. The zero-order chi connectivity index (χ0) is 15.9. The zero-order valence-electron chi connectivity index (χ0n) is 12.6. The maximum atomic E-state index is 13.5. The topological polar surface area (TPSA) is 66.9 Å². The van der Waals surface area contributed by atoms with Crippen LogP contribution in [0.3, 0.4) is 0 Å². The van der Waals surface area contributed by atoms with Crippen molar-refractivity contribution in [3.63, 3.8) is 0 Å². The molecule has 0 aliphatic carbocycles. The Hall–Kier alpha value is -2.50. The first-order chi connectivity index (χ1) is 10.6. The van der Waals surface area contributed by atoms with Crippen molar-refractivity contribution < 1.29 is 9.18 Å². The number of halogens is 1. The quantitative estimate of drug-likeness (QED) is 0.860. The van der Waals surface area contributed by atoms with Gasteiger partial charge in [0.1, 0.15) is 23.7 Å². The van der Waals surface area contributed by atoms with Gasteiger partial charge in [-0.05, 0) is 31.9 Å². The van der Waals surface area contributed by atoms with E-state index in [0.717, 1.165) is 0 Å². The molecule has 2 rings (SSSR count). The number of carbonyl (C=O) groups is 1. The van der Waals surface area contributed by atoms with E-state index in [4.69, 9.17) is 0 Å². The number of hydrogen-bond acceptors (Lipinski definition) is 4. The highest BCUT2D eigenvalue weighted by molar-refractivity contribution is 5.92. The summed E-state index contributed by atoms with van der Waals surface area (Å²) in [7, 11) is 0. The summed E-state index contributed by atoms with van der Waals surface area (Å²) in [5.74, 6) is 0.0389. The lowest BCUT2D eigenvalue weighted by atomic mass is 10.1. The summed E-state index contributed by atoms with van der Waals surface area (Å²) in [5, 5.41) is 5.84. The van der Waals surface area contributed by atoms with Gasteiger partial charge in [-0.25, -0.2) is 14.4 Å². The van der Waals surface area contributed by atoms with Crippen molar-refractivity contribution in [3.05, 3.63) is 53.7 Å². The molecule has 5 nitrogen and oxygen atoms in total. The molecule has 2 aromatic rings. The number of nitrogens with zero attached hydrogens (tertiary/aromatic N) is 2. The maximum absolute atomic E-state index is 13.5. The molecular formula is C16H19FN4O. The lowest BCUT2D eigenvalue weighted by Gasteiger charge is -2.10. The van der Waals surface area contributed by atoms with Gasteiger partial charge in [0.2, 0.25) is 0 Å². The second-order valence-electron chi connectivity index (χ2n) is 5.18. The summed E-state index contributed by atoms with van der Waals surface area (Å²) in [4.78, 5) is 20.0. The second kappa shape index (κ2) is 7.49. The Kier molecular flexibility index (Phi) is 5.41. The third kappa shape index (κ3) is 4.51. The Morgan fingerprint density at radius 2 is 2.05 bits per heavy atom. The molecule has 116 valence electrons. The lowest BCUT2D eigenvalue weighted by Crippen LogP contribution is -2.27. The van der Waals surface area contributed by atoms with E-state index in [1.54, 1.807) is 24.3 Å². The first-order valence-corrected chi connectivity index (χ1v) is 7.16. The standard InChI is InChI=1S/C16H19FN4O/c1-11(2)21-15-9-14(19-10-20-15)16(22)18-8-7-12-5-3-4-6-13(12)17/h3-6,9-11H,7-8H2,1-2H3,(H,18,22)(H,19,20,21). The minimum Gasteiger partial charge on any atom is -0.368 e. The SMILES string of the molecule is CC(C)Nc1cc(C(=O)NCCc2ccccc2F)ncn1. The molecule has 0 unspecified atom stereocenters. The van der Waals surface area contributed by atoms with Gasteiger partial charge in [-0.2, -0.15) is 0 Å². The molecule has 0 radical (unpaired) electrons. The van der Waals surface area contributed by atoms with Crippen LogP contribution >= 0.6 is 0 Å². The van der Waals surface area contributed by atoms with E-state index in [1.807, 2.05) is 13.8 Å². The Labute approximate surface area is 129 Å². The minimum absolute atomic E-state index is 0.215. The minimum atomic E-state index is -0.300. The fourth-order valence-corrected chi connectivity index (χ4v) is 1.96. The van der Waals surface area contributed by atoms with Crippen LogP contribution in [0.4, 0.5) is 10.2 Å². The van der Waals surface area contributed by atoms with Gasteiger partial charge >= 0.3 is 0 Å². The van der Waals surface area contributed by atoms with Crippen molar-refractivity contribution in [2.45, 2.75) is 26.3 Å². The van der Waals surface area contributed by atoms with Crippen LogP contribution < -0.4 is 10.6 Å². The van der Waals surface area contributed by atoms with Crippen LogP contribution in [-0.4, -0.2) is 28.5 Å². The average Bonchev–Trinajstić information content (AvgIpc) is 2.48. The largest absolute Gasteiger partial charge is 0.368 e. The van der Waals surface area contributed by atoms with E-state index in [-0.39, 0.29) is 23.5 Å². The second-order valence-corrected chi connectivity index (χ2v) is 5.18. The van der Waals surface area contributed by atoms with Crippen LogP contribution in [0.15, 0.2) is 36.7 Å². The van der Waals surface area contributed by atoms with Crippen LogP contribution in [0.5, 0.6) is 0 Å². The molecule has 6 heteroatoms. The Morgan fingerprint density at radius 3 is 2.77 bits per heavy atom. The summed E-state index contributed by atoms with van der Waals surface area (Å²) >= 11 is 0. The van der Waals surface area contributed by atoms with E-state index in [9.17, 15) is 9.18 Å². The van der Waals surface area contributed by atoms with E-state index in [1.165, 1.54) is 12.4 Å². The van der Waals surface area contributed by atoms with Crippen molar-refractivity contribution in [1.29, 1.82) is 0 Å². The Morgan fingerprint density at radius 1 is 1.27 bits per heavy atom. The highest BCUT2D eigenvalue weighted by Crippen LogP contribution is 2.07. The molecule has 0 aliphatic rings. The van der Waals surface area contributed by atoms with Crippen molar-refractivity contribution in [1.82, 2.24) is 15.3 Å².